The fourth-order valence-electron chi connectivity index (χ4n) is 4.28. The van der Waals surface area contributed by atoms with E-state index in [9.17, 15) is 14.0 Å². The van der Waals surface area contributed by atoms with Crippen molar-refractivity contribution in [3.63, 3.8) is 0 Å². The van der Waals surface area contributed by atoms with Crippen molar-refractivity contribution in [3.05, 3.63) is 114 Å². The average Bonchev–Trinajstić information content (AvgIpc) is 3.32. The van der Waals surface area contributed by atoms with Gasteiger partial charge in [-0.25, -0.2) is 4.39 Å². The summed E-state index contributed by atoms with van der Waals surface area (Å²) in [6, 6.07) is 23.7. The molecular weight excluding hydrogens is 465 g/mol. The van der Waals surface area contributed by atoms with Crippen LogP contribution in [0.25, 0.3) is 17.0 Å². The number of rotatable bonds is 10. The van der Waals surface area contributed by atoms with Gasteiger partial charge in [-0.1, -0.05) is 60.7 Å². The molecule has 190 valence electrons. The van der Waals surface area contributed by atoms with Crippen LogP contribution in [0.1, 0.15) is 30.5 Å². The first-order valence-electron chi connectivity index (χ1n) is 12.5. The second-order valence-corrected chi connectivity index (χ2v) is 9.36. The Morgan fingerprint density at radius 2 is 1.65 bits per heavy atom. The first-order valence-corrected chi connectivity index (χ1v) is 12.5. The Morgan fingerprint density at radius 3 is 2.38 bits per heavy atom. The Bertz CT molecular complexity index is 1360. The van der Waals surface area contributed by atoms with Gasteiger partial charge in [0.25, 0.3) is 0 Å². The van der Waals surface area contributed by atoms with Gasteiger partial charge in [0.2, 0.25) is 11.8 Å². The van der Waals surface area contributed by atoms with E-state index < -0.39 is 0 Å². The van der Waals surface area contributed by atoms with Crippen molar-refractivity contribution in [1.82, 2.24) is 14.8 Å². The van der Waals surface area contributed by atoms with Gasteiger partial charge in [0, 0.05) is 42.3 Å². The summed E-state index contributed by atoms with van der Waals surface area (Å²) in [6.07, 6.45) is 5.90. The third kappa shape index (κ3) is 6.94. The third-order valence-electron chi connectivity index (χ3n) is 6.40. The molecule has 1 N–H and O–H groups in total. The van der Waals surface area contributed by atoms with Crippen molar-refractivity contribution in [2.75, 3.05) is 13.1 Å². The summed E-state index contributed by atoms with van der Waals surface area (Å²) >= 11 is 0. The highest BCUT2D eigenvalue weighted by atomic mass is 19.1. The minimum absolute atomic E-state index is 0.0370. The van der Waals surface area contributed by atoms with Gasteiger partial charge in [-0.05, 0) is 61.2 Å². The van der Waals surface area contributed by atoms with E-state index in [0.29, 0.717) is 19.5 Å². The SMILES string of the molecule is CC(C)N(CC(=O)N(CCc1c[nH]c2ccccc12)Cc1ccc(F)cc1)C(=O)C=Cc1ccccc1. The zero-order chi connectivity index (χ0) is 26.2. The van der Waals surface area contributed by atoms with Crippen LogP contribution in [-0.2, 0) is 22.6 Å². The summed E-state index contributed by atoms with van der Waals surface area (Å²) in [7, 11) is 0. The number of halogens is 1. The molecule has 3 aromatic carbocycles. The van der Waals surface area contributed by atoms with Crippen LogP contribution in [0.2, 0.25) is 0 Å². The molecule has 0 saturated carbocycles. The monoisotopic (exact) mass is 497 g/mol. The molecule has 5 nitrogen and oxygen atoms in total. The van der Waals surface area contributed by atoms with Gasteiger partial charge in [-0.15, -0.1) is 0 Å². The number of fused-ring (bicyclic) bond motifs is 1. The smallest absolute Gasteiger partial charge is 0.247 e. The van der Waals surface area contributed by atoms with E-state index >= 15 is 0 Å². The largest absolute Gasteiger partial charge is 0.361 e. The van der Waals surface area contributed by atoms with Crippen molar-refractivity contribution >= 4 is 28.8 Å². The van der Waals surface area contributed by atoms with Gasteiger partial charge >= 0.3 is 0 Å². The van der Waals surface area contributed by atoms with E-state index in [0.717, 1.165) is 27.6 Å². The summed E-state index contributed by atoms with van der Waals surface area (Å²) in [6.45, 7) is 4.57. The summed E-state index contributed by atoms with van der Waals surface area (Å²) in [4.78, 5) is 33.2. The highest BCUT2D eigenvalue weighted by molar-refractivity contribution is 5.94. The van der Waals surface area contributed by atoms with Gasteiger partial charge in [-0.3, -0.25) is 9.59 Å². The predicted octanol–water partition coefficient (Wildman–Crippen LogP) is 5.83. The summed E-state index contributed by atoms with van der Waals surface area (Å²) in [5.74, 6) is -0.688. The van der Waals surface area contributed by atoms with Gasteiger partial charge in [-0.2, -0.15) is 0 Å². The lowest BCUT2D eigenvalue weighted by atomic mass is 10.1. The molecular formula is C31H32FN3O2. The topological polar surface area (TPSA) is 56.4 Å². The lowest BCUT2D eigenvalue weighted by Gasteiger charge is -2.29. The standard InChI is InChI=1S/C31H32FN3O2/c1-23(2)35(30(36)17-14-24-8-4-3-5-9-24)22-31(37)34(21-25-12-15-27(32)16-13-25)19-18-26-20-33-29-11-7-6-10-28(26)29/h3-17,20,23,33H,18-19,21-22H2,1-2H3. The summed E-state index contributed by atoms with van der Waals surface area (Å²) < 4.78 is 13.5. The zero-order valence-corrected chi connectivity index (χ0v) is 21.2. The lowest BCUT2D eigenvalue weighted by Crippen LogP contribution is -2.45. The molecule has 0 fully saturated rings. The molecule has 37 heavy (non-hydrogen) atoms. The normalized spacial score (nSPS) is 11.4. The highest BCUT2D eigenvalue weighted by Crippen LogP contribution is 2.19. The number of hydrogen-bond acceptors (Lipinski definition) is 2. The Labute approximate surface area is 217 Å². The van der Waals surface area contributed by atoms with Crippen LogP contribution in [-0.4, -0.2) is 45.7 Å². The van der Waals surface area contributed by atoms with E-state index in [4.69, 9.17) is 0 Å². The first kappa shape index (κ1) is 25.9. The van der Waals surface area contributed by atoms with E-state index in [-0.39, 0.29) is 30.2 Å². The minimum atomic E-state index is -0.317. The number of benzene rings is 3. The number of H-pyrrole nitrogens is 1. The fraction of sp³-hybridized carbons (Fsp3) is 0.226. The third-order valence-corrected chi connectivity index (χ3v) is 6.40. The Kier molecular flexibility index (Phi) is 8.52. The van der Waals surface area contributed by atoms with E-state index in [2.05, 4.69) is 11.1 Å². The van der Waals surface area contributed by atoms with Crippen molar-refractivity contribution in [1.29, 1.82) is 0 Å². The molecule has 6 heteroatoms. The maximum absolute atomic E-state index is 13.6. The number of nitrogens with one attached hydrogen (secondary N) is 1. The molecule has 4 rings (SSSR count). The van der Waals surface area contributed by atoms with Crippen LogP contribution in [0, 0.1) is 5.82 Å². The summed E-state index contributed by atoms with van der Waals surface area (Å²) in [5.41, 5.74) is 3.92. The summed E-state index contributed by atoms with van der Waals surface area (Å²) in [5, 5.41) is 1.13. The second kappa shape index (κ2) is 12.2. The molecule has 1 heterocycles. The maximum atomic E-state index is 13.6. The van der Waals surface area contributed by atoms with Gasteiger partial charge < -0.3 is 14.8 Å². The molecule has 0 atom stereocenters. The average molecular weight is 498 g/mol. The van der Waals surface area contributed by atoms with Crippen LogP contribution in [0.5, 0.6) is 0 Å². The molecule has 0 bridgehead atoms. The van der Waals surface area contributed by atoms with Crippen LogP contribution in [0.4, 0.5) is 4.39 Å². The number of nitrogens with zero attached hydrogens (tertiary/aromatic N) is 2. The molecule has 0 aliphatic carbocycles. The number of hydrogen-bond donors (Lipinski definition) is 1. The van der Waals surface area contributed by atoms with Crippen molar-refractivity contribution < 1.29 is 14.0 Å². The number of aromatic nitrogens is 1. The second-order valence-electron chi connectivity index (χ2n) is 9.36. The lowest BCUT2D eigenvalue weighted by molar-refractivity contribution is -0.139. The number of carbonyl (C=O) groups is 2. The first-order chi connectivity index (χ1) is 17.9. The van der Waals surface area contributed by atoms with Crippen LogP contribution in [0.3, 0.4) is 0 Å². The Hall–Kier alpha value is -4.19. The van der Waals surface area contributed by atoms with Gasteiger partial charge in [0.1, 0.15) is 12.4 Å². The quantitative estimate of drug-likeness (QED) is 0.280. The van der Waals surface area contributed by atoms with Crippen LogP contribution in [0.15, 0.2) is 91.1 Å². The Morgan fingerprint density at radius 1 is 0.946 bits per heavy atom. The van der Waals surface area contributed by atoms with Gasteiger partial charge in [0.05, 0.1) is 0 Å². The number of carbonyl (C=O) groups excluding carboxylic acids is 2. The zero-order valence-electron chi connectivity index (χ0n) is 21.2. The predicted molar refractivity (Wildman–Crippen MR) is 146 cm³/mol. The molecule has 1 aromatic heterocycles. The number of amides is 2. The molecule has 4 aromatic rings. The fourth-order valence-corrected chi connectivity index (χ4v) is 4.28. The van der Waals surface area contributed by atoms with Crippen molar-refractivity contribution in [2.24, 2.45) is 0 Å². The molecule has 0 saturated heterocycles. The van der Waals surface area contributed by atoms with Crippen molar-refractivity contribution in [2.45, 2.75) is 32.9 Å². The Balaban J connectivity index is 1.50. The van der Waals surface area contributed by atoms with Crippen LogP contribution < -0.4 is 0 Å². The van der Waals surface area contributed by atoms with E-state index in [1.54, 1.807) is 28.0 Å². The van der Waals surface area contributed by atoms with Gasteiger partial charge in [0.15, 0.2) is 0 Å². The molecule has 0 unspecified atom stereocenters. The number of aromatic amines is 1. The van der Waals surface area contributed by atoms with E-state index in [1.807, 2.05) is 68.6 Å². The molecule has 0 spiro atoms. The molecule has 0 radical (unpaired) electrons. The highest BCUT2D eigenvalue weighted by Gasteiger charge is 2.23. The number of para-hydroxylation sites is 1. The molecule has 0 aliphatic heterocycles. The van der Waals surface area contributed by atoms with Crippen LogP contribution >= 0.6 is 0 Å². The minimum Gasteiger partial charge on any atom is -0.361 e. The van der Waals surface area contributed by atoms with E-state index in [1.165, 1.54) is 18.2 Å². The molecule has 0 aliphatic rings. The maximum Gasteiger partial charge on any atom is 0.247 e. The van der Waals surface area contributed by atoms with Crippen molar-refractivity contribution in [3.8, 4) is 0 Å². The molecule has 2 amide bonds.